The van der Waals surface area contributed by atoms with E-state index >= 15 is 19.2 Å². The normalized spacial score (nSPS) is 13.5. The molecule has 23 nitrogen and oxygen atoms in total. The van der Waals surface area contributed by atoms with Crippen LogP contribution in [-0.4, -0.2) is 183 Å². The maximum absolute atomic E-state index is 15.6. The average molecular weight is 1560 g/mol. The number of hydrogen-bond donors (Lipinski definition) is 2. The van der Waals surface area contributed by atoms with Crippen molar-refractivity contribution >= 4 is 48.6 Å². The summed E-state index contributed by atoms with van der Waals surface area (Å²) in [6, 6.07) is 9.85. The first-order chi connectivity index (χ1) is 51.3. The van der Waals surface area contributed by atoms with Crippen LogP contribution in [0, 0.1) is 5.92 Å². The molecule has 4 unspecified atom stereocenters. The van der Waals surface area contributed by atoms with Crippen molar-refractivity contribution in [1.82, 2.24) is 40.0 Å². The number of hydrogen-bond acceptors (Lipinski definition) is 15. The molecule has 0 aromatic heterocycles. The summed E-state index contributed by atoms with van der Waals surface area (Å²) in [6.45, 7) is 40.2. The van der Waals surface area contributed by atoms with Gasteiger partial charge in [-0.05, 0) is 195 Å². The van der Waals surface area contributed by atoms with Crippen LogP contribution < -0.4 is 10.6 Å². The van der Waals surface area contributed by atoms with Crippen molar-refractivity contribution in [3.63, 3.8) is 0 Å². The molecule has 638 valence electrons. The van der Waals surface area contributed by atoms with Crippen molar-refractivity contribution in [2.24, 2.45) is 5.92 Å². The van der Waals surface area contributed by atoms with Crippen molar-refractivity contribution in [3.8, 4) is 0 Å². The summed E-state index contributed by atoms with van der Waals surface area (Å²) >= 11 is 0. The minimum Gasteiger partial charge on any atom is -0.445 e. The minimum atomic E-state index is -2.13. The lowest BCUT2D eigenvalue weighted by Crippen LogP contribution is -2.77. The maximum atomic E-state index is 15.6. The average Bonchev–Trinajstić information content (AvgIpc) is 0.729. The highest BCUT2D eigenvalue weighted by molar-refractivity contribution is 5.78. The highest BCUT2D eigenvalue weighted by Crippen LogP contribution is 2.41. The molecule has 0 aliphatic carbocycles. The zero-order valence-electron chi connectivity index (χ0n) is 74.0. The molecule has 1 aromatic rings. The molecule has 0 aliphatic rings. The SMILES string of the molecule is CCCCN(C(=O)OC(C)(C)C)C(C(CCCCCCNC(=O)CCCCCCCCCCCCCCCCCCCCCC(C)NC(=O)OCc1ccccc1)CN(CCCC(N(C)C(=O)OC(C)(C)C)N(CCC)C(=O)OC(C)(C)C)C(=O)OC(C)(C)C)(N(C)C(=O)OC(C)(C)C)N(CCC)C(=O)OC(C)(C)C. The highest BCUT2D eigenvalue weighted by Gasteiger charge is 2.60. The van der Waals surface area contributed by atoms with Crippen molar-refractivity contribution in [2.75, 3.05) is 53.4 Å². The van der Waals surface area contributed by atoms with E-state index in [4.69, 9.17) is 33.2 Å². The fourth-order valence-electron chi connectivity index (χ4n) is 13.3. The first-order valence-electron chi connectivity index (χ1n) is 42.5. The van der Waals surface area contributed by atoms with Gasteiger partial charge in [-0.15, -0.1) is 0 Å². The molecule has 0 radical (unpaired) electrons. The first kappa shape index (κ1) is 102. The second kappa shape index (κ2) is 52.1. The van der Waals surface area contributed by atoms with Gasteiger partial charge in [0.2, 0.25) is 11.7 Å². The predicted octanol–water partition coefficient (Wildman–Crippen LogP) is 22.2. The van der Waals surface area contributed by atoms with Gasteiger partial charge in [0.05, 0.1) is 0 Å². The summed E-state index contributed by atoms with van der Waals surface area (Å²) in [4.78, 5) is 124. The Morgan fingerprint density at radius 1 is 0.400 bits per heavy atom. The summed E-state index contributed by atoms with van der Waals surface area (Å²) in [5, 5.41) is 6.10. The van der Waals surface area contributed by atoms with Crippen LogP contribution in [-0.2, 0) is 44.6 Å². The van der Waals surface area contributed by atoms with Gasteiger partial charge in [-0.2, -0.15) is 0 Å². The molecule has 0 bridgehead atoms. The van der Waals surface area contributed by atoms with E-state index in [9.17, 15) is 19.2 Å². The van der Waals surface area contributed by atoms with Gasteiger partial charge in [0.1, 0.15) is 46.4 Å². The number of nitrogens with one attached hydrogen (secondary N) is 2. The van der Waals surface area contributed by atoms with Crippen LogP contribution >= 0.6 is 0 Å². The highest BCUT2D eigenvalue weighted by atomic mass is 16.6. The predicted molar refractivity (Wildman–Crippen MR) is 442 cm³/mol. The number of carbonyl (C=O) groups excluding carboxylic acids is 8. The number of amides is 8. The monoisotopic (exact) mass is 1560 g/mol. The summed E-state index contributed by atoms with van der Waals surface area (Å²) in [6.07, 6.45) is 23.9. The Labute approximate surface area is 668 Å². The van der Waals surface area contributed by atoms with Crippen LogP contribution in [0.2, 0.25) is 0 Å². The van der Waals surface area contributed by atoms with Crippen LogP contribution in [0.1, 0.15) is 363 Å². The van der Waals surface area contributed by atoms with E-state index in [1.807, 2.05) is 58.0 Å². The van der Waals surface area contributed by atoms with E-state index in [0.717, 1.165) is 37.7 Å². The van der Waals surface area contributed by atoms with E-state index in [-0.39, 0.29) is 76.6 Å². The molecule has 0 spiro atoms. The number of rotatable bonds is 51. The van der Waals surface area contributed by atoms with Gasteiger partial charge in [-0.1, -0.05) is 192 Å². The molecule has 4 atom stereocenters. The lowest BCUT2D eigenvalue weighted by Gasteiger charge is -2.58. The number of benzene rings is 1. The van der Waals surface area contributed by atoms with Crippen molar-refractivity contribution in [1.29, 1.82) is 0 Å². The third-order valence-corrected chi connectivity index (χ3v) is 18.4. The van der Waals surface area contributed by atoms with Gasteiger partial charge in [0, 0.05) is 71.7 Å². The largest absolute Gasteiger partial charge is 0.445 e. The lowest BCUT2D eigenvalue weighted by atomic mass is 9.88. The van der Waals surface area contributed by atoms with Gasteiger partial charge in [-0.3, -0.25) is 29.3 Å². The van der Waals surface area contributed by atoms with Crippen LogP contribution in [0.25, 0.3) is 0 Å². The van der Waals surface area contributed by atoms with Crippen molar-refractivity contribution in [2.45, 2.75) is 416 Å². The molecular formula is C87H160N8O15. The van der Waals surface area contributed by atoms with Crippen LogP contribution in [0.15, 0.2) is 30.3 Å². The summed E-state index contributed by atoms with van der Waals surface area (Å²) in [5.74, 6) is -3.12. The van der Waals surface area contributed by atoms with E-state index in [0.29, 0.717) is 64.3 Å². The quantitative estimate of drug-likeness (QED) is 0.0350. The van der Waals surface area contributed by atoms with Crippen molar-refractivity contribution < 1.29 is 71.5 Å². The Hall–Kier alpha value is -6.42. The summed E-state index contributed by atoms with van der Waals surface area (Å²) in [5.41, 5.74) is -4.95. The van der Waals surface area contributed by atoms with Crippen LogP contribution in [0.3, 0.4) is 0 Å². The number of carbonyl (C=O) groups is 8. The molecule has 0 saturated heterocycles. The van der Waals surface area contributed by atoms with E-state index in [1.54, 1.807) is 132 Å². The summed E-state index contributed by atoms with van der Waals surface area (Å²) < 4.78 is 42.4. The topological polar surface area (TPSA) is 245 Å². The molecule has 23 heteroatoms. The molecule has 8 amide bonds. The van der Waals surface area contributed by atoms with Gasteiger partial charge in [0.25, 0.3) is 0 Å². The lowest BCUT2D eigenvalue weighted by molar-refractivity contribution is -0.177. The van der Waals surface area contributed by atoms with E-state index < -0.39 is 88.0 Å². The molecule has 1 rings (SSSR count). The fourth-order valence-corrected chi connectivity index (χ4v) is 13.3. The Morgan fingerprint density at radius 2 is 0.800 bits per heavy atom. The molecule has 110 heavy (non-hydrogen) atoms. The van der Waals surface area contributed by atoms with E-state index in [2.05, 4.69) is 10.6 Å². The zero-order chi connectivity index (χ0) is 83.4. The molecular weight excluding hydrogens is 1400 g/mol. The standard InChI is InChI=1S/C87H160N8O15/c1-25-28-66-95(80(103)110-86(20,21)22)87(91(24)76(99)106-82(8,9)10,94(64-27-3)79(102)109-85(17,18)19)71(67-92(77(100)107-83(11,12)13)65-55-61-73(90(23)75(98)105-81(5,6)7)93(63-26-2)78(101)108-84(14,15)16)59-52-46-47-54-62-88-72(96)60-53-45-43-41-39-37-35-33-31-29-30-32-34-36-38-40-42-44-49-56-69(4)89-74(97)104-68-70-57-50-48-51-58-70/h48,50-51,57-58,69,71,73H,25-47,49,52-56,59-68H2,1-24H3,(H,88,96)(H,89,97). The minimum absolute atomic E-state index is 0.00750. The van der Waals surface area contributed by atoms with Gasteiger partial charge >= 0.3 is 42.7 Å². The van der Waals surface area contributed by atoms with Gasteiger partial charge < -0.3 is 48.7 Å². The smallest absolute Gasteiger partial charge is 0.413 e. The first-order valence-corrected chi connectivity index (χ1v) is 42.5. The molecule has 0 fully saturated rings. The summed E-state index contributed by atoms with van der Waals surface area (Å²) in [7, 11) is 3.09. The van der Waals surface area contributed by atoms with Gasteiger partial charge in [-0.25, -0.2) is 33.6 Å². The molecule has 1 aromatic carbocycles. The molecule has 0 saturated carbocycles. The number of unbranched alkanes of at least 4 members (excludes halogenated alkanes) is 22. The Kier molecular flexibility index (Phi) is 48.1. The number of nitrogens with zero attached hydrogens (tertiary/aromatic N) is 6. The zero-order valence-corrected chi connectivity index (χ0v) is 74.0. The molecule has 0 heterocycles. The third-order valence-electron chi connectivity index (χ3n) is 18.4. The maximum Gasteiger partial charge on any atom is 0.413 e. The second-order valence-corrected chi connectivity index (χ2v) is 36.3. The Balaban J connectivity index is 3.39. The van der Waals surface area contributed by atoms with E-state index in [1.165, 1.54) is 133 Å². The van der Waals surface area contributed by atoms with Crippen LogP contribution in [0.4, 0.5) is 33.6 Å². The Bertz CT molecular complexity index is 2750. The second-order valence-electron chi connectivity index (χ2n) is 36.3. The fraction of sp³-hybridized carbons (Fsp3) is 0.839. The van der Waals surface area contributed by atoms with Crippen molar-refractivity contribution in [3.05, 3.63) is 35.9 Å². The number of ether oxygens (including phenoxy) is 7. The van der Waals surface area contributed by atoms with Crippen LogP contribution in [0.5, 0.6) is 0 Å². The molecule has 0 aliphatic heterocycles. The molecule has 2 N–H and O–H groups in total. The third kappa shape index (κ3) is 45.3. The number of alkyl carbamates (subject to hydrolysis) is 1. The Morgan fingerprint density at radius 3 is 1.25 bits per heavy atom. The van der Waals surface area contributed by atoms with Gasteiger partial charge in [0.15, 0.2) is 0 Å².